The molecule has 0 spiro atoms. The summed E-state index contributed by atoms with van der Waals surface area (Å²) in [4.78, 5) is 7.93. The number of likely N-dealkylation sites (N-methyl/N-ethyl adjacent to an activating group) is 1. The Morgan fingerprint density at radius 3 is 2.72 bits per heavy atom. The first kappa shape index (κ1) is 20.2. The lowest BCUT2D eigenvalue weighted by Crippen LogP contribution is -2.43. The fourth-order valence-corrected chi connectivity index (χ4v) is 3.71. The Morgan fingerprint density at radius 1 is 1.32 bits per heavy atom. The predicted molar refractivity (Wildman–Crippen MR) is 115 cm³/mol. The van der Waals surface area contributed by atoms with E-state index in [9.17, 15) is 4.39 Å². The molecule has 1 aliphatic carbocycles. The summed E-state index contributed by atoms with van der Waals surface area (Å²) in [5, 5.41) is 5.59. The first-order valence-corrected chi connectivity index (χ1v) is 9.21. The molecule has 1 aliphatic rings. The molecule has 6 heteroatoms. The van der Waals surface area contributed by atoms with Gasteiger partial charge in [0.25, 0.3) is 0 Å². The van der Waals surface area contributed by atoms with Crippen molar-refractivity contribution in [2.24, 2.45) is 4.99 Å². The average molecular weight is 473 g/mol. The highest BCUT2D eigenvalue weighted by Crippen LogP contribution is 2.47. The second-order valence-electron chi connectivity index (χ2n) is 6.44. The lowest BCUT2D eigenvalue weighted by molar-refractivity contribution is 0.479. The van der Waals surface area contributed by atoms with Gasteiger partial charge in [0.15, 0.2) is 5.96 Å². The molecule has 1 fully saturated rings. The summed E-state index contributed by atoms with van der Waals surface area (Å²) in [5.41, 5.74) is 1.15. The van der Waals surface area contributed by atoms with E-state index in [1.807, 2.05) is 13.1 Å². The van der Waals surface area contributed by atoms with Gasteiger partial charge in [0, 0.05) is 37.5 Å². The van der Waals surface area contributed by atoms with Gasteiger partial charge in [-0.3, -0.25) is 4.99 Å². The summed E-state index contributed by atoms with van der Waals surface area (Å²) in [6.45, 7) is 1.72. The highest BCUT2D eigenvalue weighted by Gasteiger charge is 2.44. The van der Waals surface area contributed by atoms with Crippen LogP contribution in [0.5, 0.6) is 0 Å². The standard InChI is InChI=1S/C19H24FN3S.HI/c1-21-18(23(2)11-8-17-7-4-12-24-17)22-14-19(9-10-19)15-5-3-6-16(20)13-15;/h3-7,12-13H,8-11,14H2,1-2H3,(H,21,22);1H. The number of thiophene rings is 1. The normalized spacial score (nSPS) is 15.4. The minimum absolute atomic E-state index is 0. The summed E-state index contributed by atoms with van der Waals surface area (Å²) in [6, 6.07) is 11.2. The molecular weight excluding hydrogens is 448 g/mol. The van der Waals surface area contributed by atoms with Gasteiger partial charge in [-0.25, -0.2) is 4.39 Å². The van der Waals surface area contributed by atoms with E-state index in [0.717, 1.165) is 43.9 Å². The Hall–Kier alpha value is -1.15. The first-order chi connectivity index (χ1) is 11.6. The van der Waals surface area contributed by atoms with Crippen molar-refractivity contribution in [2.75, 3.05) is 27.2 Å². The zero-order valence-electron chi connectivity index (χ0n) is 14.7. The molecule has 1 aromatic heterocycles. The Bertz CT molecular complexity index is 698. The molecule has 1 heterocycles. The fourth-order valence-electron chi connectivity index (χ4n) is 3.01. The zero-order valence-corrected chi connectivity index (χ0v) is 17.8. The van der Waals surface area contributed by atoms with Crippen LogP contribution in [-0.4, -0.2) is 38.0 Å². The van der Waals surface area contributed by atoms with E-state index in [-0.39, 0.29) is 35.2 Å². The van der Waals surface area contributed by atoms with E-state index < -0.39 is 0 Å². The van der Waals surface area contributed by atoms with Gasteiger partial charge in [0.2, 0.25) is 0 Å². The van der Waals surface area contributed by atoms with Gasteiger partial charge >= 0.3 is 0 Å². The van der Waals surface area contributed by atoms with Crippen LogP contribution in [-0.2, 0) is 11.8 Å². The number of rotatable bonds is 6. The summed E-state index contributed by atoms with van der Waals surface area (Å²) in [7, 11) is 3.87. The highest BCUT2D eigenvalue weighted by molar-refractivity contribution is 14.0. The van der Waals surface area contributed by atoms with Gasteiger partial charge in [-0.05, 0) is 48.4 Å². The highest BCUT2D eigenvalue weighted by atomic mass is 127. The average Bonchev–Trinajstić information content (AvgIpc) is 3.19. The van der Waals surface area contributed by atoms with Crippen LogP contribution in [0.1, 0.15) is 23.3 Å². The molecule has 0 aliphatic heterocycles. The number of benzene rings is 1. The largest absolute Gasteiger partial charge is 0.355 e. The lowest BCUT2D eigenvalue weighted by atomic mass is 9.96. The molecule has 25 heavy (non-hydrogen) atoms. The monoisotopic (exact) mass is 473 g/mol. The van der Waals surface area contributed by atoms with Gasteiger partial charge in [-0.1, -0.05) is 18.2 Å². The van der Waals surface area contributed by atoms with Crippen molar-refractivity contribution in [1.29, 1.82) is 0 Å². The fraction of sp³-hybridized carbons (Fsp3) is 0.421. The van der Waals surface area contributed by atoms with Crippen LogP contribution < -0.4 is 5.32 Å². The Labute approximate surface area is 170 Å². The van der Waals surface area contributed by atoms with E-state index in [2.05, 4.69) is 39.8 Å². The van der Waals surface area contributed by atoms with Crippen molar-refractivity contribution in [2.45, 2.75) is 24.7 Å². The Morgan fingerprint density at radius 2 is 2.12 bits per heavy atom. The van der Waals surface area contributed by atoms with Gasteiger partial charge in [0.05, 0.1) is 0 Å². The van der Waals surface area contributed by atoms with Gasteiger partial charge in [0.1, 0.15) is 5.82 Å². The number of aliphatic imine (C=N–C) groups is 1. The molecule has 0 saturated heterocycles. The summed E-state index contributed by atoms with van der Waals surface area (Å²) >= 11 is 1.79. The molecular formula is C19H25FIN3S. The first-order valence-electron chi connectivity index (χ1n) is 8.33. The van der Waals surface area contributed by atoms with Crippen molar-refractivity contribution in [3.05, 3.63) is 58.0 Å². The third-order valence-electron chi connectivity index (χ3n) is 4.72. The van der Waals surface area contributed by atoms with Crippen LogP contribution in [0.3, 0.4) is 0 Å². The summed E-state index contributed by atoms with van der Waals surface area (Å²) < 4.78 is 13.5. The number of halogens is 2. The van der Waals surface area contributed by atoms with Crippen molar-refractivity contribution in [1.82, 2.24) is 10.2 Å². The minimum atomic E-state index is -0.156. The molecule has 136 valence electrons. The number of guanidine groups is 1. The molecule has 0 bridgehead atoms. The molecule has 0 atom stereocenters. The van der Waals surface area contributed by atoms with Crippen molar-refractivity contribution in [3.8, 4) is 0 Å². The molecule has 3 nitrogen and oxygen atoms in total. The smallest absolute Gasteiger partial charge is 0.193 e. The van der Waals surface area contributed by atoms with E-state index in [1.165, 1.54) is 10.9 Å². The van der Waals surface area contributed by atoms with Crippen LogP contribution in [0.15, 0.2) is 46.8 Å². The number of hydrogen-bond donors (Lipinski definition) is 1. The van der Waals surface area contributed by atoms with Crippen LogP contribution in [0.25, 0.3) is 0 Å². The molecule has 0 unspecified atom stereocenters. The lowest BCUT2D eigenvalue weighted by Gasteiger charge is -2.24. The van der Waals surface area contributed by atoms with Gasteiger partial charge in [-0.15, -0.1) is 35.3 Å². The summed E-state index contributed by atoms with van der Waals surface area (Å²) in [5.74, 6) is 0.741. The number of nitrogens with zero attached hydrogens (tertiary/aromatic N) is 2. The zero-order chi connectivity index (χ0) is 17.0. The quantitative estimate of drug-likeness (QED) is 0.385. The summed E-state index contributed by atoms with van der Waals surface area (Å²) in [6.07, 6.45) is 3.21. The van der Waals surface area contributed by atoms with E-state index in [4.69, 9.17) is 0 Å². The van der Waals surface area contributed by atoms with E-state index >= 15 is 0 Å². The molecule has 0 amide bonds. The number of nitrogens with one attached hydrogen (secondary N) is 1. The van der Waals surface area contributed by atoms with Crippen LogP contribution >= 0.6 is 35.3 Å². The molecule has 1 saturated carbocycles. The van der Waals surface area contributed by atoms with Gasteiger partial charge in [-0.2, -0.15) is 0 Å². The van der Waals surface area contributed by atoms with E-state index in [0.29, 0.717) is 0 Å². The Balaban J connectivity index is 0.00000225. The number of hydrogen-bond acceptors (Lipinski definition) is 2. The molecule has 2 aromatic rings. The minimum Gasteiger partial charge on any atom is -0.355 e. The third kappa shape index (κ3) is 5.17. The van der Waals surface area contributed by atoms with E-state index in [1.54, 1.807) is 23.5 Å². The van der Waals surface area contributed by atoms with Crippen molar-refractivity contribution in [3.63, 3.8) is 0 Å². The second kappa shape index (κ2) is 8.98. The third-order valence-corrected chi connectivity index (χ3v) is 5.66. The van der Waals surface area contributed by atoms with Gasteiger partial charge < -0.3 is 10.2 Å². The SMILES string of the molecule is CN=C(NCC1(c2cccc(F)c2)CC1)N(C)CCc1cccs1.I. The van der Waals surface area contributed by atoms with Crippen LogP contribution in [0.2, 0.25) is 0 Å². The molecule has 0 radical (unpaired) electrons. The topological polar surface area (TPSA) is 27.6 Å². The molecule has 1 N–H and O–H groups in total. The second-order valence-corrected chi connectivity index (χ2v) is 7.47. The molecule has 3 rings (SSSR count). The van der Waals surface area contributed by atoms with Crippen molar-refractivity contribution >= 4 is 41.3 Å². The maximum atomic E-state index is 13.5. The molecule has 1 aromatic carbocycles. The maximum Gasteiger partial charge on any atom is 0.193 e. The van der Waals surface area contributed by atoms with Crippen LogP contribution in [0.4, 0.5) is 4.39 Å². The van der Waals surface area contributed by atoms with Crippen LogP contribution in [0, 0.1) is 5.82 Å². The predicted octanol–water partition coefficient (Wildman–Crippen LogP) is 4.29. The Kier molecular flexibility index (Phi) is 7.25. The maximum absolute atomic E-state index is 13.5. The van der Waals surface area contributed by atoms with Crippen molar-refractivity contribution < 1.29 is 4.39 Å².